The number of methoxy groups -OCH3 is 1. The number of hydrogen-bond acceptors (Lipinski definition) is 8. The van der Waals surface area contributed by atoms with Crippen LogP contribution in [0.3, 0.4) is 0 Å². The fraction of sp³-hybridized carbons (Fsp3) is 0.318. The van der Waals surface area contributed by atoms with E-state index in [4.69, 9.17) is 10.3 Å². The number of esters is 1. The normalized spacial score (nSPS) is 15.2. The second-order valence-electron chi connectivity index (χ2n) is 7.30. The Kier molecular flexibility index (Phi) is 5.67. The summed E-state index contributed by atoms with van der Waals surface area (Å²) in [6.45, 7) is 0.748. The first-order valence-electron chi connectivity index (χ1n) is 9.91. The number of carbonyl (C=O) groups is 1. The average molecular weight is 408 g/mol. The minimum atomic E-state index is -0.186. The lowest BCUT2D eigenvalue weighted by Gasteiger charge is -2.14. The SMILES string of the molecule is COC(=O)CCCN[C@H]1CCc2c(-c3noc(-c4ccc(O)c(N)c4)n3)cccc21. The number of nitrogen functional groups attached to an aromatic ring is 1. The summed E-state index contributed by atoms with van der Waals surface area (Å²) in [6.07, 6.45) is 3.04. The summed E-state index contributed by atoms with van der Waals surface area (Å²) >= 11 is 0. The van der Waals surface area contributed by atoms with Gasteiger partial charge in [-0.15, -0.1) is 0 Å². The van der Waals surface area contributed by atoms with Crippen molar-refractivity contribution in [3.05, 3.63) is 47.5 Å². The Morgan fingerprint density at radius 1 is 1.37 bits per heavy atom. The number of nitrogens with one attached hydrogen (secondary N) is 1. The van der Waals surface area contributed by atoms with Crippen LogP contribution in [0.1, 0.15) is 36.4 Å². The summed E-state index contributed by atoms with van der Waals surface area (Å²) in [4.78, 5) is 15.8. The number of nitrogens with zero attached hydrogens (tertiary/aromatic N) is 2. The zero-order valence-corrected chi connectivity index (χ0v) is 16.7. The summed E-state index contributed by atoms with van der Waals surface area (Å²) in [5.74, 6) is 0.711. The van der Waals surface area contributed by atoms with E-state index in [-0.39, 0.29) is 23.4 Å². The van der Waals surface area contributed by atoms with Crippen LogP contribution in [0.2, 0.25) is 0 Å². The highest BCUT2D eigenvalue weighted by atomic mass is 16.5. The van der Waals surface area contributed by atoms with Crippen molar-refractivity contribution in [3.63, 3.8) is 0 Å². The third-order valence-electron chi connectivity index (χ3n) is 5.39. The molecule has 8 heteroatoms. The smallest absolute Gasteiger partial charge is 0.305 e. The lowest BCUT2D eigenvalue weighted by atomic mass is 10.0. The number of benzene rings is 2. The molecule has 1 heterocycles. The van der Waals surface area contributed by atoms with Gasteiger partial charge in [0.25, 0.3) is 5.89 Å². The molecule has 3 aromatic rings. The average Bonchev–Trinajstić information content (AvgIpc) is 3.40. The van der Waals surface area contributed by atoms with Crippen molar-refractivity contribution in [2.75, 3.05) is 19.4 Å². The minimum absolute atomic E-state index is 0.0181. The first kappa shape index (κ1) is 19.9. The Hall–Kier alpha value is -3.39. The molecule has 4 rings (SSSR count). The third-order valence-corrected chi connectivity index (χ3v) is 5.39. The number of carbonyl (C=O) groups excluding carboxylic acids is 1. The topological polar surface area (TPSA) is 124 Å². The molecule has 0 fully saturated rings. The number of aromatic hydroxyl groups is 1. The first-order chi connectivity index (χ1) is 14.6. The molecule has 0 saturated carbocycles. The number of phenols is 1. The molecule has 1 atom stereocenters. The van der Waals surface area contributed by atoms with Crippen molar-refractivity contribution in [1.82, 2.24) is 15.5 Å². The van der Waals surface area contributed by atoms with Crippen molar-refractivity contribution < 1.29 is 19.2 Å². The molecule has 156 valence electrons. The Labute approximate surface area is 174 Å². The van der Waals surface area contributed by atoms with Gasteiger partial charge in [-0.1, -0.05) is 23.4 Å². The van der Waals surface area contributed by atoms with E-state index in [0.29, 0.717) is 23.7 Å². The van der Waals surface area contributed by atoms with Crippen LogP contribution in [0.5, 0.6) is 5.75 Å². The van der Waals surface area contributed by atoms with Crippen LogP contribution in [0, 0.1) is 0 Å². The van der Waals surface area contributed by atoms with E-state index in [1.807, 2.05) is 12.1 Å². The van der Waals surface area contributed by atoms with Gasteiger partial charge in [0, 0.05) is 23.6 Å². The molecular formula is C22H24N4O4. The molecule has 30 heavy (non-hydrogen) atoms. The highest BCUT2D eigenvalue weighted by molar-refractivity contribution is 5.69. The van der Waals surface area contributed by atoms with Crippen LogP contribution in [-0.4, -0.2) is 34.9 Å². The van der Waals surface area contributed by atoms with E-state index in [1.54, 1.807) is 12.1 Å². The lowest BCUT2D eigenvalue weighted by Crippen LogP contribution is -2.21. The lowest BCUT2D eigenvalue weighted by molar-refractivity contribution is -0.140. The summed E-state index contributed by atoms with van der Waals surface area (Å²) in [6, 6.07) is 11.1. The number of nitrogens with two attached hydrogens (primary N) is 1. The predicted molar refractivity (Wildman–Crippen MR) is 112 cm³/mol. The van der Waals surface area contributed by atoms with Gasteiger partial charge in [0.1, 0.15) is 5.75 Å². The maximum Gasteiger partial charge on any atom is 0.305 e. The monoisotopic (exact) mass is 408 g/mol. The molecule has 0 saturated heterocycles. The molecule has 0 unspecified atom stereocenters. The first-order valence-corrected chi connectivity index (χ1v) is 9.91. The highest BCUT2D eigenvalue weighted by Gasteiger charge is 2.26. The van der Waals surface area contributed by atoms with Gasteiger partial charge < -0.3 is 25.4 Å². The predicted octanol–water partition coefficient (Wildman–Crippen LogP) is 3.22. The quantitative estimate of drug-likeness (QED) is 0.236. The number of anilines is 1. The molecule has 1 aliphatic carbocycles. The number of hydrogen-bond donors (Lipinski definition) is 3. The van der Waals surface area contributed by atoms with Gasteiger partial charge in [0.15, 0.2) is 0 Å². The fourth-order valence-electron chi connectivity index (χ4n) is 3.82. The number of phenolic OH excluding ortho intramolecular Hbond substituents is 1. The van der Waals surface area contributed by atoms with E-state index >= 15 is 0 Å². The minimum Gasteiger partial charge on any atom is -0.506 e. The molecule has 0 amide bonds. The Bertz CT molecular complexity index is 1060. The van der Waals surface area contributed by atoms with Crippen LogP contribution in [0.25, 0.3) is 22.8 Å². The van der Waals surface area contributed by atoms with Crippen LogP contribution in [0.4, 0.5) is 5.69 Å². The second kappa shape index (κ2) is 8.54. The standard InChI is InChI=1S/C22H24N4O4/c1-29-20(28)6-3-11-24-18-9-8-14-15(18)4-2-5-16(14)21-25-22(30-26-21)13-7-10-19(27)17(23)12-13/h2,4-5,7,10,12,18,24,27H,3,6,8-9,11,23H2,1H3/t18-/m0/s1. The zero-order chi connectivity index (χ0) is 21.1. The number of fused-ring (bicyclic) bond motifs is 1. The molecule has 0 radical (unpaired) electrons. The van der Waals surface area contributed by atoms with E-state index in [1.165, 1.54) is 24.3 Å². The molecule has 1 aromatic heterocycles. The largest absolute Gasteiger partial charge is 0.506 e. The van der Waals surface area contributed by atoms with Crippen LogP contribution < -0.4 is 11.1 Å². The van der Waals surface area contributed by atoms with E-state index in [2.05, 4.69) is 26.3 Å². The fourth-order valence-corrected chi connectivity index (χ4v) is 3.82. The molecule has 2 aromatic carbocycles. The van der Waals surface area contributed by atoms with Crippen LogP contribution in [-0.2, 0) is 16.0 Å². The third kappa shape index (κ3) is 3.99. The van der Waals surface area contributed by atoms with E-state index in [0.717, 1.165) is 31.4 Å². The molecule has 1 aliphatic rings. The van der Waals surface area contributed by atoms with E-state index < -0.39 is 0 Å². The number of ether oxygens (including phenoxy) is 1. The molecule has 0 bridgehead atoms. The van der Waals surface area contributed by atoms with Gasteiger partial charge in [-0.3, -0.25) is 4.79 Å². The summed E-state index contributed by atoms with van der Waals surface area (Å²) in [5, 5.41) is 17.3. The van der Waals surface area contributed by atoms with Gasteiger partial charge in [0.05, 0.1) is 12.8 Å². The van der Waals surface area contributed by atoms with Crippen molar-refractivity contribution in [1.29, 1.82) is 0 Å². The number of aromatic nitrogens is 2. The van der Waals surface area contributed by atoms with Gasteiger partial charge in [-0.25, -0.2) is 0 Å². The van der Waals surface area contributed by atoms with Crippen LogP contribution >= 0.6 is 0 Å². The summed E-state index contributed by atoms with van der Waals surface area (Å²) in [5.41, 5.74) is 10.1. The molecule has 0 aliphatic heterocycles. The Balaban J connectivity index is 1.50. The number of rotatable bonds is 7. The van der Waals surface area contributed by atoms with Gasteiger partial charge in [-0.2, -0.15) is 4.98 Å². The van der Waals surface area contributed by atoms with Crippen molar-refractivity contribution in [2.24, 2.45) is 0 Å². The van der Waals surface area contributed by atoms with Gasteiger partial charge in [-0.05, 0) is 55.1 Å². The molecule has 4 N–H and O–H groups in total. The van der Waals surface area contributed by atoms with Crippen molar-refractivity contribution in [2.45, 2.75) is 31.7 Å². The van der Waals surface area contributed by atoms with E-state index in [9.17, 15) is 9.90 Å². The maximum atomic E-state index is 11.3. The zero-order valence-electron chi connectivity index (χ0n) is 16.7. The Morgan fingerprint density at radius 3 is 3.03 bits per heavy atom. The summed E-state index contributed by atoms with van der Waals surface area (Å²) in [7, 11) is 1.41. The second-order valence-corrected chi connectivity index (χ2v) is 7.30. The summed E-state index contributed by atoms with van der Waals surface area (Å²) < 4.78 is 10.1. The molecular weight excluding hydrogens is 384 g/mol. The van der Waals surface area contributed by atoms with Gasteiger partial charge in [0.2, 0.25) is 5.82 Å². The van der Waals surface area contributed by atoms with Crippen LogP contribution in [0.15, 0.2) is 40.9 Å². The Morgan fingerprint density at radius 2 is 2.23 bits per heavy atom. The van der Waals surface area contributed by atoms with Crippen molar-refractivity contribution in [3.8, 4) is 28.6 Å². The maximum absolute atomic E-state index is 11.3. The highest BCUT2D eigenvalue weighted by Crippen LogP contribution is 2.37. The molecule has 8 nitrogen and oxygen atoms in total. The van der Waals surface area contributed by atoms with Crippen molar-refractivity contribution >= 4 is 11.7 Å². The molecule has 0 spiro atoms. The van der Waals surface area contributed by atoms with Gasteiger partial charge >= 0.3 is 5.97 Å².